The van der Waals surface area contributed by atoms with Gasteiger partial charge in [0.1, 0.15) is 0 Å². The quantitative estimate of drug-likeness (QED) is 0.0299. The first-order valence-electron chi connectivity index (χ1n) is 33.5. The molecule has 12 aromatic rings. The Morgan fingerprint density at radius 3 is 0.343 bits per heavy atom. The van der Waals surface area contributed by atoms with E-state index in [9.17, 15) is 57.5 Å². The van der Waals surface area contributed by atoms with Crippen LogP contribution in [-0.2, 0) is 49.4 Å². The van der Waals surface area contributed by atoms with E-state index >= 15 is 0 Å². The zero-order valence-corrected chi connectivity index (χ0v) is 68.9. The molecule has 0 unspecified atom stereocenters. The van der Waals surface area contributed by atoms with Crippen LogP contribution in [-0.4, -0.2) is 163 Å². The highest BCUT2D eigenvalue weighted by Gasteiger charge is 2.77. The van der Waals surface area contributed by atoms with Crippen LogP contribution in [0, 0.1) is 0 Å². The van der Waals surface area contributed by atoms with Crippen molar-refractivity contribution in [3.63, 3.8) is 0 Å². The molecule has 1 fully saturated rings. The largest absolute Gasteiger partial charge is 0.524 e. The van der Waals surface area contributed by atoms with Gasteiger partial charge in [0.05, 0.1) is 0 Å². The van der Waals surface area contributed by atoms with Gasteiger partial charge in [-0.25, -0.2) is 0 Å². The van der Waals surface area contributed by atoms with Gasteiger partial charge in [-0.3, -0.25) is 0 Å². The molecule has 0 bridgehead atoms. The summed E-state index contributed by atoms with van der Waals surface area (Å²) in [5, 5.41) is -3.71. The smallest absolute Gasteiger partial charge is 0.387 e. The zero-order valence-electron chi connectivity index (χ0n) is 56.9. The summed E-state index contributed by atoms with van der Waals surface area (Å²) in [6.45, 7) is 0. The van der Waals surface area contributed by atoms with E-state index in [0.717, 1.165) is 0 Å². The van der Waals surface area contributed by atoms with Crippen molar-refractivity contribution in [2.45, 2.75) is 0 Å². The molecule has 13 rings (SSSR count). The maximum absolute atomic E-state index is 13.5. The first kappa shape index (κ1) is 78.4. The van der Waals surface area contributed by atoms with Crippen LogP contribution in [0.15, 0.2) is 364 Å². The topological polar surface area (TPSA) is 354 Å². The molecule has 12 N–H and O–H groups in total. The minimum Gasteiger partial charge on any atom is -0.387 e. The van der Waals surface area contributed by atoms with E-state index in [1.54, 1.807) is 72.8 Å². The number of hydrogen-bond acceptors (Lipinski definition) is 24. The van der Waals surface area contributed by atoms with E-state index < -0.39 is 106 Å². The molecule has 1 aliphatic heterocycles. The molecule has 552 valence electrons. The SMILES string of the molecule is O[Si](O)(O[Si]1(c2ccccc2)O[Si](O[Si](O)(O)c2ccccc2)(c2ccccc2)O[Si](O[Si](O)(O)c2ccccc2)(c2ccccc2)O[Si](O[Si](O)(O)c2ccccc2)(c2ccccc2)O[Si](O[Si](O)(O)c2ccccc2)(c2ccccc2)O[Si](O[Si](O)(O)c2ccccc2)(c2ccccc2)O1)c1ccccc1. The Morgan fingerprint density at radius 1 is 0.148 bits per heavy atom. The van der Waals surface area contributed by atoms with Gasteiger partial charge in [0.2, 0.25) is 0 Å². The van der Waals surface area contributed by atoms with Crippen LogP contribution in [0.4, 0.5) is 0 Å². The molecule has 108 heavy (non-hydrogen) atoms. The Hall–Kier alpha value is -7.72. The van der Waals surface area contributed by atoms with Crippen molar-refractivity contribution < 1.29 is 107 Å². The van der Waals surface area contributed by atoms with Gasteiger partial charge in [-0.05, 0) is 0 Å². The molecular formula is C72H72O24Si12. The fourth-order valence-electron chi connectivity index (χ4n) is 11.8. The highest BCUT2D eigenvalue weighted by atomic mass is 28.6. The Bertz CT molecular complexity index is 4050. The molecular weight excluding hydrogens is 1590 g/mol. The van der Waals surface area contributed by atoms with Gasteiger partial charge in [0.15, 0.2) is 0 Å². The molecule has 0 radical (unpaired) electrons. The molecule has 1 aliphatic rings. The third kappa shape index (κ3) is 17.2. The summed E-state index contributed by atoms with van der Waals surface area (Å²) in [5.74, 6) is 0. The van der Waals surface area contributed by atoms with Crippen molar-refractivity contribution in [1.29, 1.82) is 0 Å². The fraction of sp³-hybridized carbons (Fsp3) is 0. The molecule has 0 amide bonds. The molecule has 1 saturated heterocycles. The normalized spacial score (nSPS) is 22.1. The average Bonchev–Trinajstić information content (AvgIpc) is 0.702. The molecule has 0 atom stereocenters. The molecule has 24 nitrogen and oxygen atoms in total. The Balaban J connectivity index is 1.30. The summed E-state index contributed by atoms with van der Waals surface area (Å²) in [6.07, 6.45) is 0. The standard InChI is InChI=1S/C72H72O24Si12/c73-97(74,61-37-13-1-14-38-61)85-103(67-49-25-7-26-50-67)91-104(68-51-27-8-28-52-68,86-98(75,76)62-39-15-2-16-40-62)93-106(70-55-31-10-32-56-70,88-100(79,80)64-43-19-4-20-44-64)95-108(72-59-35-12-36-60-72,90-102(83,84)66-47-23-6-24-48-66)96-107(71-57-33-11-34-58-71,89-101(81,82)65-45-21-5-22-46-65)94-105(92-103,69-53-29-9-30-54-69)87-99(77,78)63-41-17-3-18-42-63/h1-60,73-84H. The van der Waals surface area contributed by atoms with Crippen LogP contribution in [0.3, 0.4) is 0 Å². The molecule has 0 aromatic heterocycles. The molecule has 0 aliphatic carbocycles. The molecule has 0 saturated carbocycles. The van der Waals surface area contributed by atoms with Crippen LogP contribution in [0.25, 0.3) is 0 Å². The van der Waals surface area contributed by atoms with Crippen LogP contribution >= 0.6 is 0 Å². The predicted octanol–water partition coefficient (Wildman–Crippen LogP) is -1.74. The highest BCUT2D eigenvalue weighted by Crippen LogP contribution is 2.39. The second-order valence-corrected chi connectivity index (χ2v) is 55.3. The Labute approximate surface area is 634 Å². The second kappa shape index (κ2) is 32.3. The van der Waals surface area contributed by atoms with E-state index in [-0.39, 0.29) is 62.2 Å². The summed E-state index contributed by atoms with van der Waals surface area (Å²) < 4.78 is 92.0. The van der Waals surface area contributed by atoms with E-state index in [1.807, 2.05) is 0 Å². The molecule has 0 spiro atoms. The average molecular weight is 1660 g/mol. The predicted molar refractivity (Wildman–Crippen MR) is 422 cm³/mol. The zero-order chi connectivity index (χ0) is 75.8. The van der Waals surface area contributed by atoms with Gasteiger partial charge in [-0.1, -0.05) is 364 Å². The van der Waals surface area contributed by atoms with Crippen LogP contribution in [0.5, 0.6) is 0 Å². The van der Waals surface area contributed by atoms with Crippen molar-refractivity contribution in [1.82, 2.24) is 0 Å². The van der Waals surface area contributed by atoms with E-state index in [2.05, 4.69) is 0 Å². The lowest BCUT2D eigenvalue weighted by molar-refractivity contribution is 0.0708. The van der Waals surface area contributed by atoms with Crippen LogP contribution in [0.1, 0.15) is 0 Å². The van der Waals surface area contributed by atoms with Gasteiger partial charge in [-0.2, -0.15) is 0 Å². The fourth-order valence-corrected chi connectivity index (χ4v) is 57.7. The molecule has 1 heterocycles. The van der Waals surface area contributed by atoms with Gasteiger partial charge in [-0.15, -0.1) is 0 Å². The van der Waals surface area contributed by atoms with Gasteiger partial charge >= 0.3 is 106 Å². The Morgan fingerprint density at radius 2 is 0.241 bits per heavy atom. The van der Waals surface area contributed by atoms with Crippen LogP contribution in [0.2, 0.25) is 0 Å². The summed E-state index contributed by atoms with van der Waals surface area (Å²) in [7, 11) is -75.2. The summed E-state index contributed by atoms with van der Waals surface area (Å²) >= 11 is 0. The molecule has 12 aromatic carbocycles. The maximum atomic E-state index is 13.5. The third-order valence-electron chi connectivity index (χ3n) is 16.9. The summed E-state index contributed by atoms with van der Waals surface area (Å²) in [4.78, 5) is 163. The number of rotatable bonds is 24. The number of hydrogen-bond donors (Lipinski definition) is 12. The van der Waals surface area contributed by atoms with Gasteiger partial charge in [0, 0.05) is 62.2 Å². The second-order valence-electron chi connectivity index (χ2n) is 24.6. The van der Waals surface area contributed by atoms with Gasteiger partial charge in [0.25, 0.3) is 0 Å². The molecule has 36 heteroatoms. The monoisotopic (exact) mass is 1660 g/mol. The van der Waals surface area contributed by atoms with Crippen molar-refractivity contribution in [3.05, 3.63) is 364 Å². The third-order valence-corrected chi connectivity index (χ3v) is 55.9. The lowest BCUT2D eigenvalue weighted by Crippen LogP contribution is -2.87. The van der Waals surface area contributed by atoms with Crippen molar-refractivity contribution in [3.8, 4) is 0 Å². The van der Waals surface area contributed by atoms with Crippen molar-refractivity contribution in [2.75, 3.05) is 0 Å². The van der Waals surface area contributed by atoms with E-state index in [0.29, 0.717) is 0 Å². The maximum Gasteiger partial charge on any atom is 0.524 e. The number of benzene rings is 12. The van der Waals surface area contributed by atoms with E-state index in [4.69, 9.17) is 49.4 Å². The minimum atomic E-state index is -6.56. The summed E-state index contributed by atoms with van der Waals surface area (Å²) in [5.41, 5.74) is 0. The minimum absolute atomic E-state index is 0.295. The van der Waals surface area contributed by atoms with Crippen molar-refractivity contribution in [2.24, 2.45) is 0 Å². The van der Waals surface area contributed by atoms with Gasteiger partial charge < -0.3 is 107 Å². The van der Waals surface area contributed by atoms with E-state index in [1.165, 1.54) is 291 Å². The lowest BCUT2D eigenvalue weighted by Gasteiger charge is -2.52. The summed E-state index contributed by atoms with van der Waals surface area (Å²) in [6, 6.07) is 86.7. The van der Waals surface area contributed by atoms with Crippen LogP contribution < -0.4 is 62.2 Å². The first-order chi connectivity index (χ1) is 51.7. The Kier molecular flexibility index (Phi) is 23.5. The lowest BCUT2D eigenvalue weighted by atomic mass is 10.4. The van der Waals surface area contributed by atoms with Crippen molar-refractivity contribution >= 4 is 168 Å². The first-order valence-corrected chi connectivity index (χ1v) is 54.7. The highest BCUT2D eigenvalue weighted by molar-refractivity contribution is 7.08.